The van der Waals surface area contributed by atoms with E-state index in [4.69, 9.17) is 4.74 Å². The fourth-order valence-corrected chi connectivity index (χ4v) is 2.14. The van der Waals surface area contributed by atoms with Crippen molar-refractivity contribution in [3.05, 3.63) is 18.0 Å². The van der Waals surface area contributed by atoms with Crippen molar-refractivity contribution >= 4 is 5.97 Å². The van der Waals surface area contributed by atoms with E-state index < -0.39 is 5.54 Å². The predicted molar refractivity (Wildman–Crippen MR) is 79.5 cm³/mol. The average molecular weight is 281 g/mol. The standard InChI is InChI=1S/C15H27N3O2/c1-5-10-16-15(4,14(19)20-6-2)9-7-11-18-12-8-13(3)17-18/h8,12,16H,5-7,9-11H2,1-4H3. The van der Waals surface area contributed by atoms with Crippen LogP contribution in [0.2, 0.25) is 0 Å². The second-order valence-electron chi connectivity index (χ2n) is 5.30. The molecule has 1 heterocycles. The molecule has 5 heteroatoms. The van der Waals surface area contributed by atoms with E-state index in [2.05, 4.69) is 17.3 Å². The largest absolute Gasteiger partial charge is 0.465 e. The van der Waals surface area contributed by atoms with Gasteiger partial charge in [0.1, 0.15) is 5.54 Å². The van der Waals surface area contributed by atoms with Gasteiger partial charge in [-0.2, -0.15) is 5.10 Å². The third kappa shape index (κ3) is 4.96. The van der Waals surface area contributed by atoms with E-state index in [1.165, 1.54) is 0 Å². The first-order chi connectivity index (χ1) is 9.51. The minimum atomic E-state index is -0.603. The summed E-state index contributed by atoms with van der Waals surface area (Å²) in [5.74, 6) is -0.162. The number of carbonyl (C=O) groups is 1. The van der Waals surface area contributed by atoms with Crippen molar-refractivity contribution in [2.75, 3.05) is 13.2 Å². The summed E-state index contributed by atoms with van der Waals surface area (Å²) in [6, 6.07) is 1.99. The zero-order chi connectivity index (χ0) is 15.0. The molecule has 0 aliphatic carbocycles. The normalized spacial score (nSPS) is 14.0. The van der Waals surface area contributed by atoms with Crippen LogP contribution in [0.3, 0.4) is 0 Å². The van der Waals surface area contributed by atoms with Gasteiger partial charge in [-0.3, -0.25) is 9.48 Å². The Kier molecular flexibility index (Phi) is 6.71. The van der Waals surface area contributed by atoms with E-state index in [0.29, 0.717) is 6.61 Å². The van der Waals surface area contributed by atoms with Crippen molar-refractivity contribution in [3.63, 3.8) is 0 Å². The molecule has 1 aromatic heterocycles. The van der Waals surface area contributed by atoms with E-state index in [0.717, 1.165) is 38.0 Å². The zero-order valence-electron chi connectivity index (χ0n) is 13.1. The van der Waals surface area contributed by atoms with Gasteiger partial charge in [0.15, 0.2) is 0 Å². The molecule has 1 aromatic rings. The Bertz CT molecular complexity index is 417. The van der Waals surface area contributed by atoms with Gasteiger partial charge in [-0.1, -0.05) is 6.92 Å². The lowest BCUT2D eigenvalue weighted by atomic mass is 9.95. The fourth-order valence-electron chi connectivity index (χ4n) is 2.14. The molecule has 0 fully saturated rings. The molecule has 1 atom stereocenters. The molecular formula is C15H27N3O2. The van der Waals surface area contributed by atoms with Crippen molar-refractivity contribution in [1.29, 1.82) is 0 Å². The van der Waals surface area contributed by atoms with Crippen molar-refractivity contribution in [2.24, 2.45) is 0 Å². The van der Waals surface area contributed by atoms with Gasteiger partial charge in [-0.25, -0.2) is 0 Å². The first-order valence-corrected chi connectivity index (χ1v) is 7.44. The summed E-state index contributed by atoms with van der Waals surface area (Å²) in [5.41, 5.74) is 0.413. The number of ether oxygens (including phenoxy) is 1. The van der Waals surface area contributed by atoms with Gasteiger partial charge >= 0.3 is 5.97 Å². The summed E-state index contributed by atoms with van der Waals surface area (Å²) < 4.78 is 7.10. The van der Waals surface area contributed by atoms with Crippen LogP contribution in [0.25, 0.3) is 0 Å². The molecular weight excluding hydrogens is 254 g/mol. The van der Waals surface area contributed by atoms with Gasteiger partial charge in [0.2, 0.25) is 0 Å². The van der Waals surface area contributed by atoms with Crippen LogP contribution in [0.15, 0.2) is 12.3 Å². The number of hydrogen-bond donors (Lipinski definition) is 1. The smallest absolute Gasteiger partial charge is 0.326 e. The van der Waals surface area contributed by atoms with Crippen LogP contribution in [0.5, 0.6) is 0 Å². The van der Waals surface area contributed by atoms with Crippen LogP contribution in [-0.2, 0) is 16.1 Å². The van der Waals surface area contributed by atoms with Crippen molar-refractivity contribution < 1.29 is 9.53 Å². The molecule has 0 aromatic carbocycles. The molecule has 0 amide bonds. The average Bonchev–Trinajstić information content (AvgIpc) is 2.82. The van der Waals surface area contributed by atoms with Crippen LogP contribution in [-0.4, -0.2) is 34.4 Å². The first kappa shape index (κ1) is 16.7. The van der Waals surface area contributed by atoms with E-state index >= 15 is 0 Å². The highest BCUT2D eigenvalue weighted by Crippen LogP contribution is 2.16. The van der Waals surface area contributed by atoms with E-state index in [1.807, 2.05) is 37.7 Å². The van der Waals surface area contributed by atoms with Crippen molar-refractivity contribution in [1.82, 2.24) is 15.1 Å². The fraction of sp³-hybridized carbons (Fsp3) is 0.733. The number of aromatic nitrogens is 2. The number of carbonyl (C=O) groups excluding carboxylic acids is 1. The van der Waals surface area contributed by atoms with Gasteiger partial charge in [-0.05, 0) is 52.6 Å². The van der Waals surface area contributed by atoms with Gasteiger partial charge in [0, 0.05) is 12.7 Å². The Hall–Kier alpha value is -1.36. The van der Waals surface area contributed by atoms with Crippen LogP contribution >= 0.6 is 0 Å². The summed E-state index contributed by atoms with van der Waals surface area (Å²) >= 11 is 0. The van der Waals surface area contributed by atoms with E-state index in [-0.39, 0.29) is 5.97 Å². The van der Waals surface area contributed by atoms with Gasteiger partial charge in [0.05, 0.1) is 12.3 Å². The molecule has 1 N–H and O–H groups in total. The Morgan fingerprint density at radius 3 is 2.80 bits per heavy atom. The lowest BCUT2D eigenvalue weighted by Gasteiger charge is -2.28. The highest BCUT2D eigenvalue weighted by atomic mass is 16.5. The highest BCUT2D eigenvalue weighted by Gasteiger charge is 2.33. The topological polar surface area (TPSA) is 56.2 Å². The summed E-state index contributed by atoms with van der Waals surface area (Å²) in [7, 11) is 0. The minimum Gasteiger partial charge on any atom is -0.465 e. The Morgan fingerprint density at radius 1 is 1.50 bits per heavy atom. The van der Waals surface area contributed by atoms with Crippen LogP contribution < -0.4 is 5.32 Å². The van der Waals surface area contributed by atoms with E-state index in [1.54, 1.807) is 0 Å². The molecule has 114 valence electrons. The minimum absolute atomic E-state index is 0.162. The first-order valence-electron chi connectivity index (χ1n) is 7.44. The SMILES string of the molecule is CCCNC(C)(CCCn1ccc(C)n1)C(=O)OCC. The monoisotopic (exact) mass is 281 g/mol. The molecule has 20 heavy (non-hydrogen) atoms. The number of esters is 1. The molecule has 0 aliphatic heterocycles. The van der Waals surface area contributed by atoms with Gasteiger partial charge in [-0.15, -0.1) is 0 Å². The summed E-state index contributed by atoms with van der Waals surface area (Å²) in [4.78, 5) is 12.1. The lowest BCUT2D eigenvalue weighted by Crippen LogP contribution is -2.50. The van der Waals surface area contributed by atoms with Gasteiger partial charge in [0.25, 0.3) is 0 Å². The number of aryl methyl sites for hydroxylation is 2. The Balaban J connectivity index is 2.53. The number of nitrogens with one attached hydrogen (secondary N) is 1. The lowest BCUT2D eigenvalue weighted by molar-refractivity contribution is -0.150. The quantitative estimate of drug-likeness (QED) is 0.706. The maximum atomic E-state index is 12.1. The van der Waals surface area contributed by atoms with Crippen molar-refractivity contribution in [2.45, 2.75) is 59.0 Å². The summed E-state index contributed by atoms with van der Waals surface area (Å²) in [6.45, 7) is 9.88. The van der Waals surface area contributed by atoms with Crippen LogP contribution in [0, 0.1) is 6.92 Å². The van der Waals surface area contributed by atoms with E-state index in [9.17, 15) is 4.79 Å². The molecule has 0 saturated heterocycles. The summed E-state index contributed by atoms with van der Waals surface area (Å²) in [5, 5.41) is 7.67. The number of rotatable bonds is 9. The van der Waals surface area contributed by atoms with Crippen molar-refractivity contribution in [3.8, 4) is 0 Å². The second-order valence-corrected chi connectivity index (χ2v) is 5.30. The zero-order valence-corrected chi connectivity index (χ0v) is 13.1. The molecule has 5 nitrogen and oxygen atoms in total. The maximum Gasteiger partial charge on any atom is 0.326 e. The highest BCUT2D eigenvalue weighted by molar-refractivity contribution is 5.80. The molecule has 0 bridgehead atoms. The molecule has 0 saturated carbocycles. The van der Waals surface area contributed by atoms with Crippen LogP contribution in [0.1, 0.15) is 45.7 Å². The van der Waals surface area contributed by atoms with Gasteiger partial charge < -0.3 is 10.1 Å². The molecule has 0 radical (unpaired) electrons. The third-order valence-electron chi connectivity index (χ3n) is 3.33. The maximum absolute atomic E-state index is 12.1. The molecule has 0 spiro atoms. The third-order valence-corrected chi connectivity index (χ3v) is 3.33. The predicted octanol–water partition coefficient (Wildman–Crippen LogP) is 2.29. The molecule has 1 unspecified atom stereocenters. The number of hydrogen-bond acceptors (Lipinski definition) is 4. The molecule has 1 rings (SSSR count). The number of nitrogens with zero attached hydrogens (tertiary/aromatic N) is 2. The second kappa shape index (κ2) is 8.04. The Morgan fingerprint density at radius 2 is 2.25 bits per heavy atom. The Labute approximate surface area is 121 Å². The summed E-state index contributed by atoms with van der Waals surface area (Å²) in [6.07, 6.45) is 4.59. The van der Waals surface area contributed by atoms with Crippen LogP contribution in [0.4, 0.5) is 0 Å². The molecule has 0 aliphatic rings.